The smallest absolute Gasteiger partial charge is 0.360 e. The van der Waals surface area contributed by atoms with Crippen LogP contribution < -0.4 is 5.43 Å². The van der Waals surface area contributed by atoms with Crippen LogP contribution in [0.5, 0.6) is 0 Å². The van der Waals surface area contributed by atoms with Crippen LogP contribution in [0.1, 0.15) is 41.4 Å². The van der Waals surface area contributed by atoms with Crippen LogP contribution in [0.3, 0.4) is 0 Å². The zero-order valence-corrected chi connectivity index (χ0v) is 11.9. The Morgan fingerprint density at radius 1 is 1.38 bits per heavy atom. The predicted octanol–water partition coefficient (Wildman–Crippen LogP) is 2.50. The second-order valence-corrected chi connectivity index (χ2v) is 5.10. The van der Waals surface area contributed by atoms with Crippen molar-refractivity contribution in [1.29, 1.82) is 0 Å². The molecule has 0 aliphatic carbocycles. The lowest BCUT2D eigenvalue weighted by molar-refractivity contribution is 0.0686. The monoisotopic (exact) mass is 290 g/mol. The van der Waals surface area contributed by atoms with E-state index in [2.05, 4.69) is 5.10 Å². The van der Waals surface area contributed by atoms with Gasteiger partial charge in [0.1, 0.15) is 5.82 Å². The third kappa shape index (κ3) is 2.84. The average Bonchev–Trinajstić information content (AvgIpc) is 2.41. The van der Waals surface area contributed by atoms with E-state index in [0.717, 1.165) is 0 Å². The third-order valence-corrected chi connectivity index (χ3v) is 3.19. The van der Waals surface area contributed by atoms with E-state index >= 15 is 0 Å². The number of halogens is 1. The van der Waals surface area contributed by atoms with Crippen LogP contribution in [0.2, 0.25) is 0 Å². The first-order valence-electron chi connectivity index (χ1n) is 6.45. The quantitative estimate of drug-likeness (QED) is 0.942. The first kappa shape index (κ1) is 14.9. The Kier molecular flexibility index (Phi) is 3.88. The number of carboxylic acids is 1. The second kappa shape index (κ2) is 5.47. The first-order chi connectivity index (χ1) is 9.81. The summed E-state index contributed by atoms with van der Waals surface area (Å²) in [6.07, 6.45) is 1.45. The van der Waals surface area contributed by atoms with Gasteiger partial charge < -0.3 is 5.11 Å². The van der Waals surface area contributed by atoms with Crippen molar-refractivity contribution in [2.45, 2.75) is 26.7 Å². The zero-order valence-electron chi connectivity index (χ0n) is 11.9. The lowest BCUT2D eigenvalue weighted by atomic mass is 10.0. The standard InChI is InChI=1S/C15H15FN2O3/c1-8(2)11-7-18(17-13(14(11)19)15(20)21)10-5-4-9(3)12(16)6-10/h4-8H,1-3H3,(H,20,21). The lowest BCUT2D eigenvalue weighted by Crippen LogP contribution is -2.25. The molecule has 110 valence electrons. The van der Waals surface area contributed by atoms with Crippen LogP contribution in [0.25, 0.3) is 5.69 Å². The van der Waals surface area contributed by atoms with Crippen molar-refractivity contribution in [2.24, 2.45) is 0 Å². The molecule has 0 saturated carbocycles. The zero-order chi connectivity index (χ0) is 15.7. The Labute approximate surface area is 120 Å². The Bertz CT molecular complexity index is 766. The number of aryl methyl sites for hydroxylation is 1. The van der Waals surface area contributed by atoms with Crippen molar-refractivity contribution in [3.8, 4) is 5.69 Å². The number of carbonyl (C=O) groups is 1. The molecule has 1 N–H and O–H groups in total. The van der Waals surface area contributed by atoms with Gasteiger partial charge in [-0.1, -0.05) is 19.9 Å². The van der Waals surface area contributed by atoms with Gasteiger partial charge in [0.15, 0.2) is 0 Å². The summed E-state index contributed by atoms with van der Waals surface area (Å²) in [5, 5.41) is 12.9. The van der Waals surface area contributed by atoms with E-state index < -0.39 is 22.9 Å². The van der Waals surface area contributed by atoms with E-state index in [4.69, 9.17) is 5.11 Å². The average molecular weight is 290 g/mol. The van der Waals surface area contributed by atoms with Crippen molar-refractivity contribution in [3.05, 3.63) is 57.3 Å². The molecule has 0 atom stereocenters. The molecule has 2 rings (SSSR count). The molecule has 1 heterocycles. The number of rotatable bonds is 3. The van der Waals surface area contributed by atoms with Crippen molar-refractivity contribution in [2.75, 3.05) is 0 Å². The molecule has 0 unspecified atom stereocenters. The van der Waals surface area contributed by atoms with Crippen LogP contribution in [0.4, 0.5) is 4.39 Å². The highest BCUT2D eigenvalue weighted by Crippen LogP contribution is 2.15. The molecule has 0 radical (unpaired) electrons. The van der Waals surface area contributed by atoms with Crippen LogP contribution in [0, 0.1) is 12.7 Å². The molecule has 0 aliphatic rings. The van der Waals surface area contributed by atoms with E-state index in [1.54, 1.807) is 32.9 Å². The molecule has 2 aromatic rings. The molecular formula is C15H15FN2O3. The van der Waals surface area contributed by atoms with Gasteiger partial charge >= 0.3 is 5.97 Å². The van der Waals surface area contributed by atoms with Crippen LogP contribution in [-0.2, 0) is 0 Å². The Morgan fingerprint density at radius 3 is 2.57 bits per heavy atom. The molecule has 0 saturated heterocycles. The number of aromatic nitrogens is 2. The largest absolute Gasteiger partial charge is 0.476 e. The van der Waals surface area contributed by atoms with Crippen molar-refractivity contribution < 1.29 is 14.3 Å². The summed E-state index contributed by atoms with van der Waals surface area (Å²) in [6, 6.07) is 4.44. The fourth-order valence-corrected chi connectivity index (χ4v) is 1.92. The summed E-state index contributed by atoms with van der Waals surface area (Å²) in [6.45, 7) is 5.19. The van der Waals surface area contributed by atoms with Gasteiger partial charge in [-0.05, 0) is 30.5 Å². The molecule has 0 aliphatic heterocycles. The molecule has 1 aromatic heterocycles. The van der Waals surface area contributed by atoms with E-state index in [1.807, 2.05) is 0 Å². The highest BCUT2D eigenvalue weighted by atomic mass is 19.1. The Balaban J connectivity index is 2.71. The van der Waals surface area contributed by atoms with Gasteiger partial charge in [-0.25, -0.2) is 13.9 Å². The van der Waals surface area contributed by atoms with E-state index in [-0.39, 0.29) is 5.92 Å². The molecule has 0 bridgehead atoms. The van der Waals surface area contributed by atoms with Gasteiger partial charge in [0.25, 0.3) is 0 Å². The van der Waals surface area contributed by atoms with Crippen molar-refractivity contribution in [1.82, 2.24) is 9.78 Å². The molecular weight excluding hydrogens is 275 g/mol. The molecule has 0 spiro atoms. The van der Waals surface area contributed by atoms with Gasteiger partial charge in [-0.2, -0.15) is 5.10 Å². The van der Waals surface area contributed by atoms with E-state index in [9.17, 15) is 14.0 Å². The predicted molar refractivity (Wildman–Crippen MR) is 75.6 cm³/mol. The topological polar surface area (TPSA) is 72.2 Å². The molecule has 6 heteroatoms. The maximum Gasteiger partial charge on any atom is 0.360 e. The van der Waals surface area contributed by atoms with Gasteiger partial charge in [0.2, 0.25) is 11.1 Å². The molecule has 21 heavy (non-hydrogen) atoms. The molecule has 0 amide bonds. The van der Waals surface area contributed by atoms with Crippen LogP contribution >= 0.6 is 0 Å². The van der Waals surface area contributed by atoms with Gasteiger partial charge in [0.05, 0.1) is 5.69 Å². The normalized spacial score (nSPS) is 10.9. The summed E-state index contributed by atoms with van der Waals surface area (Å²) in [7, 11) is 0. The lowest BCUT2D eigenvalue weighted by Gasteiger charge is -2.12. The number of nitrogens with zero attached hydrogens (tertiary/aromatic N) is 2. The summed E-state index contributed by atoms with van der Waals surface area (Å²) >= 11 is 0. The van der Waals surface area contributed by atoms with E-state index in [0.29, 0.717) is 16.8 Å². The molecule has 1 aromatic carbocycles. The summed E-state index contributed by atoms with van der Waals surface area (Å²) < 4.78 is 14.9. The number of hydrogen-bond donors (Lipinski definition) is 1. The fraction of sp³-hybridized carbons (Fsp3) is 0.267. The minimum Gasteiger partial charge on any atom is -0.476 e. The van der Waals surface area contributed by atoms with Crippen LogP contribution in [-0.4, -0.2) is 20.9 Å². The number of benzene rings is 1. The minimum atomic E-state index is -1.40. The van der Waals surface area contributed by atoms with Crippen molar-refractivity contribution >= 4 is 5.97 Å². The SMILES string of the molecule is Cc1ccc(-n2cc(C(C)C)c(=O)c(C(=O)O)n2)cc1F. The Hall–Kier alpha value is -2.50. The van der Waals surface area contributed by atoms with Gasteiger partial charge in [-0.15, -0.1) is 0 Å². The first-order valence-corrected chi connectivity index (χ1v) is 6.45. The Morgan fingerprint density at radius 2 is 2.05 bits per heavy atom. The summed E-state index contributed by atoms with van der Waals surface area (Å²) in [5.74, 6) is -1.99. The number of aromatic carboxylic acids is 1. The third-order valence-electron chi connectivity index (χ3n) is 3.19. The highest BCUT2D eigenvalue weighted by Gasteiger charge is 2.18. The maximum atomic E-state index is 13.6. The molecule has 5 nitrogen and oxygen atoms in total. The van der Waals surface area contributed by atoms with E-state index in [1.165, 1.54) is 16.9 Å². The summed E-state index contributed by atoms with van der Waals surface area (Å²) in [4.78, 5) is 23.2. The highest BCUT2D eigenvalue weighted by molar-refractivity contribution is 5.85. The van der Waals surface area contributed by atoms with Gasteiger partial charge in [-0.3, -0.25) is 4.79 Å². The number of carboxylic acid groups (broad SMARTS) is 1. The van der Waals surface area contributed by atoms with Gasteiger partial charge in [0, 0.05) is 11.8 Å². The second-order valence-electron chi connectivity index (χ2n) is 5.10. The number of hydrogen-bond acceptors (Lipinski definition) is 3. The summed E-state index contributed by atoms with van der Waals surface area (Å²) in [5.41, 5.74) is -0.0169. The fourth-order valence-electron chi connectivity index (χ4n) is 1.92. The molecule has 0 fully saturated rings. The maximum absolute atomic E-state index is 13.6. The van der Waals surface area contributed by atoms with Crippen LogP contribution in [0.15, 0.2) is 29.2 Å². The minimum absolute atomic E-state index is 0.167. The van der Waals surface area contributed by atoms with Crippen molar-refractivity contribution in [3.63, 3.8) is 0 Å².